The van der Waals surface area contributed by atoms with Crippen molar-refractivity contribution in [1.82, 2.24) is 5.43 Å². The second kappa shape index (κ2) is 6.07. The number of rotatable bonds is 4. The molecule has 0 unspecified atom stereocenters. The van der Waals surface area contributed by atoms with Gasteiger partial charge >= 0.3 is 0 Å². The molecule has 1 aromatic carbocycles. The van der Waals surface area contributed by atoms with Crippen LogP contribution in [0.3, 0.4) is 0 Å². The summed E-state index contributed by atoms with van der Waals surface area (Å²) in [5.74, 6) is -0.584. The largest absolute Gasteiger partial charge is 0.273 e. The Morgan fingerprint density at radius 2 is 2.17 bits per heavy atom. The molecule has 2 aromatic rings. The minimum absolute atomic E-state index is 0.218. The van der Waals surface area contributed by atoms with E-state index in [1.807, 2.05) is 17.5 Å². The molecule has 0 saturated heterocycles. The first-order valence-corrected chi connectivity index (χ1v) is 6.22. The van der Waals surface area contributed by atoms with Crippen molar-refractivity contribution >= 4 is 23.5 Å². The van der Waals surface area contributed by atoms with E-state index < -0.39 is 0 Å². The number of hydrogen-bond donors (Lipinski definition) is 1. The van der Waals surface area contributed by atoms with Crippen LogP contribution >= 0.6 is 11.3 Å². The SMILES string of the molecule is O=C(Cc1cccs1)NN=Cc1ccccc1F. The van der Waals surface area contributed by atoms with Gasteiger partial charge in [-0.05, 0) is 17.5 Å². The number of amides is 1. The Hall–Kier alpha value is -2.01. The minimum atomic E-state index is -0.367. The number of carbonyl (C=O) groups is 1. The Bertz CT molecular complexity index is 552. The summed E-state index contributed by atoms with van der Waals surface area (Å²) in [6.45, 7) is 0. The van der Waals surface area contributed by atoms with E-state index in [0.29, 0.717) is 5.56 Å². The molecule has 0 radical (unpaired) electrons. The van der Waals surface area contributed by atoms with Crippen molar-refractivity contribution < 1.29 is 9.18 Å². The highest BCUT2D eigenvalue weighted by molar-refractivity contribution is 7.10. The fraction of sp³-hybridized carbons (Fsp3) is 0.0769. The zero-order chi connectivity index (χ0) is 12.8. The summed E-state index contributed by atoms with van der Waals surface area (Å²) >= 11 is 1.51. The molecule has 0 aliphatic carbocycles. The van der Waals surface area contributed by atoms with Crippen LogP contribution in [-0.2, 0) is 11.2 Å². The third-order valence-electron chi connectivity index (χ3n) is 2.21. The third-order valence-corrected chi connectivity index (χ3v) is 3.09. The molecule has 1 heterocycles. The molecule has 2 rings (SSSR count). The maximum absolute atomic E-state index is 13.2. The second-order valence-electron chi connectivity index (χ2n) is 3.57. The first-order valence-electron chi connectivity index (χ1n) is 5.34. The predicted octanol–water partition coefficient (Wildman–Crippen LogP) is 2.58. The Morgan fingerprint density at radius 3 is 2.89 bits per heavy atom. The van der Waals surface area contributed by atoms with Gasteiger partial charge in [0.05, 0.1) is 12.6 Å². The van der Waals surface area contributed by atoms with Crippen LogP contribution in [0, 0.1) is 5.82 Å². The fourth-order valence-electron chi connectivity index (χ4n) is 1.36. The van der Waals surface area contributed by atoms with Crippen LogP contribution in [0.4, 0.5) is 4.39 Å². The van der Waals surface area contributed by atoms with Crippen LogP contribution in [0.5, 0.6) is 0 Å². The summed E-state index contributed by atoms with van der Waals surface area (Å²) in [5, 5.41) is 5.63. The van der Waals surface area contributed by atoms with E-state index >= 15 is 0 Å². The van der Waals surface area contributed by atoms with Gasteiger partial charge in [-0.3, -0.25) is 4.79 Å². The summed E-state index contributed by atoms with van der Waals surface area (Å²) < 4.78 is 13.2. The van der Waals surface area contributed by atoms with Crippen molar-refractivity contribution in [1.29, 1.82) is 0 Å². The minimum Gasteiger partial charge on any atom is -0.273 e. The lowest BCUT2D eigenvalue weighted by Crippen LogP contribution is -2.19. The summed E-state index contributed by atoms with van der Waals surface area (Å²) in [4.78, 5) is 12.4. The zero-order valence-electron chi connectivity index (χ0n) is 9.47. The van der Waals surface area contributed by atoms with Crippen LogP contribution in [0.25, 0.3) is 0 Å². The van der Waals surface area contributed by atoms with E-state index in [0.717, 1.165) is 4.88 Å². The van der Waals surface area contributed by atoms with Gasteiger partial charge in [-0.15, -0.1) is 11.3 Å². The number of hydrogen-bond acceptors (Lipinski definition) is 3. The molecule has 0 bridgehead atoms. The van der Waals surface area contributed by atoms with Crippen molar-refractivity contribution in [3.05, 3.63) is 58.0 Å². The molecule has 0 fully saturated rings. The van der Waals surface area contributed by atoms with E-state index in [1.165, 1.54) is 23.6 Å². The normalized spacial score (nSPS) is 10.7. The molecule has 3 nitrogen and oxygen atoms in total. The molecule has 0 spiro atoms. The number of benzene rings is 1. The number of hydrazone groups is 1. The molecular formula is C13H11FN2OS. The van der Waals surface area contributed by atoms with Gasteiger partial charge in [0.1, 0.15) is 5.82 Å². The van der Waals surface area contributed by atoms with Crippen molar-refractivity contribution in [3.63, 3.8) is 0 Å². The monoisotopic (exact) mass is 262 g/mol. The summed E-state index contributed by atoms with van der Waals surface area (Å²) in [5.41, 5.74) is 2.71. The average Bonchev–Trinajstić information content (AvgIpc) is 2.84. The quantitative estimate of drug-likeness (QED) is 0.668. The van der Waals surface area contributed by atoms with Gasteiger partial charge in [0, 0.05) is 10.4 Å². The van der Waals surface area contributed by atoms with Crippen LogP contribution in [0.2, 0.25) is 0 Å². The number of nitrogens with one attached hydrogen (secondary N) is 1. The van der Waals surface area contributed by atoms with Crippen LogP contribution in [0.15, 0.2) is 46.9 Å². The van der Waals surface area contributed by atoms with E-state index in [-0.39, 0.29) is 18.1 Å². The van der Waals surface area contributed by atoms with Crippen LogP contribution in [0.1, 0.15) is 10.4 Å². The first kappa shape index (κ1) is 12.4. The Kier molecular flexibility index (Phi) is 4.20. The average molecular weight is 262 g/mol. The lowest BCUT2D eigenvalue weighted by atomic mass is 10.2. The Labute approximate surface area is 108 Å². The maximum atomic E-state index is 13.2. The highest BCUT2D eigenvalue weighted by Crippen LogP contribution is 2.08. The van der Waals surface area contributed by atoms with Crippen molar-refractivity contribution in [3.8, 4) is 0 Å². The molecule has 1 amide bonds. The van der Waals surface area contributed by atoms with Gasteiger partial charge in [0.2, 0.25) is 5.91 Å². The molecular weight excluding hydrogens is 251 g/mol. The summed E-state index contributed by atoms with van der Waals surface area (Å²) in [6, 6.07) is 10.00. The van der Waals surface area contributed by atoms with E-state index in [2.05, 4.69) is 10.5 Å². The Balaban J connectivity index is 1.88. The molecule has 1 N–H and O–H groups in total. The molecule has 1 aromatic heterocycles. The van der Waals surface area contributed by atoms with Crippen LogP contribution < -0.4 is 5.43 Å². The third kappa shape index (κ3) is 3.49. The maximum Gasteiger partial charge on any atom is 0.245 e. The highest BCUT2D eigenvalue weighted by atomic mass is 32.1. The topological polar surface area (TPSA) is 41.5 Å². The van der Waals surface area contributed by atoms with Gasteiger partial charge < -0.3 is 0 Å². The molecule has 0 aliphatic rings. The number of thiophene rings is 1. The highest BCUT2D eigenvalue weighted by Gasteiger charge is 2.02. The molecule has 0 saturated carbocycles. The smallest absolute Gasteiger partial charge is 0.245 e. The van der Waals surface area contributed by atoms with Gasteiger partial charge in [-0.1, -0.05) is 24.3 Å². The first-order chi connectivity index (χ1) is 8.75. The van der Waals surface area contributed by atoms with Crippen molar-refractivity contribution in [2.45, 2.75) is 6.42 Å². The van der Waals surface area contributed by atoms with Crippen molar-refractivity contribution in [2.75, 3.05) is 0 Å². The number of carbonyl (C=O) groups excluding carboxylic acids is 1. The van der Waals surface area contributed by atoms with Gasteiger partial charge in [-0.25, -0.2) is 9.82 Å². The fourth-order valence-corrected chi connectivity index (χ4v) is 2.07. The van der Waals surface area contributed by atoms with E-state index in [9.17, 15) is 9.18 Å². The number of halogens is 1. The van der Waals surface area contributed by atoms with Crippen LogP contribution in [-0.4, -0.2) is 12.1 Å². The second-order valence-corrected chi connectivity index (χ2v) is 4.60. The van der Waals surface area contributed by atoms with Crippen molar-refractivity contribution in [2.24, 2.45) is 5.10 Å². The Morgan fingerprint density at radius 1 is 1.33 bits per heavy atom. The van der Waals surface area contributed by atoms with Gasteiger partial charge in [0.25, 0.3) is 0 Å². The lowest BCUT2D eigenvalue weighted by molar-refractivity contribution is -0.120. The number of nitrogens with zero attached hydrogens (tertiary/aromatic N) is 1. The van der Waals surface area contributed by atoms with Gasteiger partial charge in [-0.2, -0.15) is 5.10 Å². The predicted molar refractivity (Wildman–Crippen MR) is 70.2 cm³/mol. The van der Waals surface area contributed by atoms with E-state index in [1.54, 1.807) is 18.2 Å². The molecule has 0 aliphatic heterocycles. The lowest BCUT2D eigenvalue weighted by Gasteiger charge is -1.98. The van der Waals surface area contributed by atoms with Gasteiger partial charge in [0.15, 0.2) is 0 Å². The molecule has 5 heteroatoms. The molecule has 0 atom stereocenters. The summed E-state index contributed by atoms with van der Waals surface area (Å²) in [7, 11) is 0. The standard InChI is InChI=1S/C13H11FN2OS/c14-12-6-2-1-4-10(12)9-15-16-13(17)8-11-5-3-7-18-11/h1-7,9H,8H2,(H,16,17). The zero-order valence-corrected chi connectivity index (χ0v) is 10.3. The molecule has 18 heavy (non-hydrogen) atoms. The van der Waals surface area contributed by atoms with E-state index in [4.69, 9.17) is 0 Å². The molecule has 92 valence electrons. The summed E-state index contributed by atoms with van der Waals surface area (Å²) in [6.07, 6.45) is 1.58.